The van der Waals surface area contributed by atoms with Gasteiger partial charge in [-0.3, -0.25) is 0 Å². The van der Waals surface area contributed by atoms with Crippen molar-refractivity contribution in [1.29, 1.82) is 0 Å². The fraction of sp³-hybridized carbons (Fsp3) is 0.476. The highest BCUT2D eigenvalue weighted by molar-refractivity contribution is 6.73. The fourth-order valence-corrected chi connectivity index (χ4v) is 5.67. The standard InChI is InChI=1S/C21H30OSi/c1-4-23(5-2,6-3)22-21(20-15-11-8-12-16-20)18-17-19-13-9-7-10-14-19/h7,9-10,13-15,17H,4-6,8,11-12,16H2,1-3H3. The molecule has 0 unspecified atom stereocenters. The van der Waals surface area contributed by atoms with Gasteiger partial charge < -0.3 is 4.43 Å². The van der Waals surface area contributed by atoms with E-state index in [-0.39, 0.29) is 0 Å². The van der Waals surface area contributed by atoms with E-state index in [1.54, 1.807) is 0 Å². The zero-order valence-electron chi connectivity index (χ0n) is 14.9. The van der Waals surface area contributed by atoms with Gasteiger partial charge in [-0.15, -0.1) is 0 Å². The molecule has 0 bridgehead atoms. The van der Waals surface area contributed by atoms with Gasteiger partial charge in [0.2, 0.25) is 0 Å². The predicted molar refractivity (Wildman–Crippen MR) is 103 cm³/mol. The molecule has 0 saturated heterocycles. The normalized spacial score (nSPS) is 14.7. The first-order chi connectivity index (χ1) is 11.2. The molecule has 1 aliphatic rings. The third kappa shape index (κ3) is 4.99. The third-order valence-electron chi connectivity index (χ3n) is 5.00. The van der Waals surface area contributed by atoms with E-state index >= 15 is 0 Å². The molecule has 1 aliphatic carbocycles. The Morgan fingerprint density at radius 1 is 1.09 bits per heavy atom. The van der Waals surface area contributed by atoms with Gasteiger partial charge in [-0.2, -0.15) is 0 Å². The van der Waals surface area contributed by atoms with Crippen LogP contribution < -0.4 is 0 Å². The summed E-state index contributed by atoms with van der Waals surface area (Å²) in [6.45, 7) is 6.85. The molecule has 0 heterocycles. The lowest BCUT2D eigenvalue weighted by atomic mass is 9.98. The van der Waals surface area contributed by atoms with Crippen molar-refractivity contribution in [3.05, 3.63) is 59.0 Å². The molecule has 0 fully saturated rings. The van der Waals surface area contributed by atoms with Gasteiger partial charge in [0.1, 0.15) is 0 Å². The van der Waals surface area contributed by atoms with Gasteiger partial charge in [0.15, 0.2) is 5.76 Å². The van der Waals surface area contributed by atoms with Crippen molar-refractivity contribution in [2.45, 2.75) is 64.6 Å². The summed E-state index contributed by atoms with van der Waals surface area (Å²) in [7, 11) is -1.66. The van der Waals surface area contributed by atoms with Gasteiger partial charge in [0, 0.05) is 0 Å². The van der Waals surface area contributed by atoms with Crippen molar-refractivity contribution >= 4 is 14.4 Å². The van der Waals surface area contributed by atoms with Gasteiger partial charge in [-0.05, 0) is 61.0 Å². The molecule has 1 nitrogen and oxygen atoms in total. The zero-order chi connectivity index (χ0) is 16.5. The monoisotopic (exact) mass is 326 g/mol. The summed E-state index contributed by atoms with van der Waals surface area (Å²) in [5.41, 5.74) is 6.05. The zero-order valence-corrected chi connectivity index (χ0v) is 15.9. The summed E-state index contributed by atoms with van der Waals surface area (Å²) in [5, 5.41) is 0. The van der Waals surface area contributed by atoms with Gasteiger partial charge in [0.25, 0.3) is 8.32 Å². The second kappa shape index (κ2) is 8.96. The number of allylic oxidation sites excluding steroid dienone is 2. The largest absolute Gasteiger partial charge is 0.538 e. The maximum absolute atomic E-state index is 6.69. The molecule has 0 aromatic heterocycles. The summed E-state index contributed by atoms with van der Waals surface area (Å²) in [4.78, 5) is 0. The molecule has 0 N–H and O–H groups in total. The van der Waals surface area contributed by atoms with Crippen LogP contribution in [0.5, 0.6) is 0 Å². The van der Waals surface area contributed by atoms with Gasteiger partial charge in [-0.1, -0.05) is 62.9 Å². The van der Waals surface area contributed by atoms with E-state index in [1.165, 1.54) is 48.5 Å². The Morgan fingerprint density at radius 2 is 1.78 bits per heavy atom. The first kappa shape index (κ1) is 17.8. The Bertz CT molecular complexity index is 567. The SMILES string of the molecule is CC[Si](CC)(CC)OC(=C=Cc1ccccc1)C1=CCCCC1. The molecule has 2 heteroatoms. The van der Waals surface area contributed by atoms with Gasteiger partial charge in [0.05, 0.1) is 0 Å². The molecule has 0 radical (unpaired) electrons. The molecule has 1 aromatic carbocycles. The van der Waals surface area contributed by atoms with E-state index in [2.05, 4.69) is 62.9 Å². The predicted octanol–water partition coefficient (Wildman–Crippen LogP) is 6.70. The second-order valence-electron chi connectivity index (χ2n) is 6.35. The molecular weight excluding hydrogens is 296 g/mol. The van der Waals surface area contributed by atoms with Gasteiger partial charge >= 0.3 is 0 Å². The number of hydrogen-bond acceptors (Lipinski definition) is 1. The Balaban J connectivity index is 2.35. The Labute approximate surface area is 142 Å². The maximum atomic E-state index is 6.69. The van der Waals surface area contributed by atoms with Crippen LogP contribution in [0.2, 0.25) is 18.1 Å². The fourth-order valence-electron chi connectivity index (χ4n) is 3.11. The van der Waals surface area contributed by atoms with E-state index in [4.69, 9.17) is 4.43 Å². The van der Waals surface area contributed by atoms with Gasteiger partial charge in [-0.25, -0.2) is 0 Å². The lowest BCUT2D eigenvalue weighted by molar-refractivity contribution is 0.408. The Kier molecular flexibility index (Phi) is 6.95. The van der Waals surface area contributed by atoms with Crippen LogP contribution in [0.4, 0.5) is 0 Å². The number of rotatable bonds is 7. The van der Waals surface area contributed by atoms with E-state index in [9.17, 15) is 0 Å². The van der Waals surface area contributed by atoms with Crippen LogP contribution in [0.25, 0.3) is 6.08 Å². The Hall–Kier alpha value is -1.50. The van der Waals surface area contributed by atoms with Crippen molar-refractivity contribution < 1.29 is 4.43 Å². The summed E-state index contributed by atoms with van der Waals surface area (Å²) in [5.74, 6) is 1.02. The second-order valence-corrected chi connectivity index (χ2v) is 11.0. The van der Waals surface area contributed by atoms with Crippen LogP contribution in [-0.2, 0) is 4.43 Å². The lowest BCUT2D eigenvalue weighted by Gasteiger charge is -2.31. The maximum Gasteiger partial charge on any atom is 0.251 e. The molecule has 2 rings (SSSR count). The van der Waals surface area contributed by atoms with E-state index in [1.807, 2.05) is 6.07 Å². The van der Waals surface area contributed by atoms with E-state index in [0.717, 1.165) is 12.2 Å². The molecule has 0 amide bonds. The van der Waals surface area contributed by atoms with E-state index < -0.39 is 8.32 Å². The molecule has 23 heavy (non-hydrogen) atoms. The molecule has 0 saturated carbocycles. The minimum absolute atomic E-state index is 1.02. The minimum Gasteiger partial charge on any atom is -0.538 e. The molecule has 0 spiro atoms. The highest BCUT2D eigenvalue weighted by Crippen LogP contribution is 2.31. The number of benzene rings is 1. The number of hydrogen-bond donors (Lipinski definition) is 0. The van der Waals surface area contributed by atoms with Crippen LogP contribution in [0, 0.1) is 0 Å². The smallest absolute Gasteiger partial charge is 0.251 e. The van der Waals surface area contributed by atoms with Crippen LogP contribution in [-0.4, -0.2) is 8.32 Å². The van der Waals surface area contributed by atoms with Crippen LogP contribution >= 0.6 is 0 Å². The molecule has 0 atom stereocenters. The summed E-state index contributed by atoms with van der Waals surface area (Å²) in [6, 6.07) is 13.9. The van der Waals surface area contributed by atoms with Crippen molar-refractivity contribution in [2.24, 2.45) is 0 Å². The third-order valence-corrected chi connectivity index (χ3v) is 9.51. The Morgan fingerprint density at radius 3 is 2.35 bits per heavy atom. The van der Waals surface area contributed by atoms with Crippen molar-refractivity contribution in [1.82, 2.24) is 0 Å². The average molecular weight is 327 g/mol. The topological polar surface area (TPSA) is 9.23 Å². The van der Waals surface area contributed by atoms with Crippen molar-refractivity contribution in [3.8, 4) is 0 Å². The van der Waals surface area contributed by atoms with Crippen molar-refractivity contribution in [2.75, 3.05) is 0 Å². The van der Waals surface area contributed by atoms with Crippen LogP contribution in [0.1, 0.15) is 52.0 Å². The van der Waals surface area contributed by atoms with Crippen molar-refractivity contribution in [3.63, 3.8) is 0 Å². The average Bonchev–Trinajstić information content (AvgIpc) is 2.64. The lowest BCUT2D eigenvalue weighted by Crippen LogP contribution is -2.35. The molecule has 0 aliphatic heterocycles. The van der Waals surface area contributed by atoms with E-state index in [0.29, 0.717) is 0 Å². The minimum atomic E-state index is -1.66. The summed E-state index contributed by atoms with van der Waals surface area (Å²) in [6.07, 6.45) is 9.32. The van der Waals surface area contributed by atoms with Crippen LogP contribution in [0.3, 0.4) is 0 Å². The molecule has 124 valence electrons. The van der Waals surface area contributed by atoms with Crippen LogP contribution in [0.15, 0.2) is 53.5 Å². The highest BCUT2D eigenvalue weighted by atomic mass is 28.4. The quantitative estimate of drug-likeness (QED) is 0.307. The first-order valence-corrected chi connectivity index (χ1v) is 11.7. The summed E-state index contributed by atoms with van der Waals surface area (Å²) < 4.78 is 6.69. The highest BCUT2D eigenvalue weighted by Gasteiger charge is 2.32. The summed E-state index contributed by atoms with van der Waals surface area (Å²) >= 11 is 0. The molecular formula is C21H30OSi. The first-order valence-electron chi connectivity index (χ1n) is 9.13. The molecule has 1 aromatic rings.